The van der Waals surface area contributed by atoms with E-state index in [0.29, 0.717) is 24.4 Å². The molecule has 8 heteroatoms. The normalized spacial score (nSPS) is 13.7. The van der Waals surface area contributed by atoms with E-state index in [-0.39, 0.29) is 11.8 Å². The monoisotopic (exact) mass is 362 g/mol. The maximum Gasteiger partial charge on any atom is 0.321 e. The number of benzene rings is 1. The van der Waals surface area contributed by atoms with Crippen molar-refractivity contribution in [3.8, 4) is 5.69 Å². The van der Waals surface area contributed by atoms with Gasteiger partial charge >= 0.3 is 6.03 Å². The van der Waals surface area contributed by atoms with Gasteiger partial charge in [0.15, 0.2) is 5.78 Å². The number of hydrogen-bond acceptors (Lipinski definition) is 4. The Labute approximate surface area is 155 Å². The number of urea groups is 1. The van der Waals surface area contributed by atoms with Crippen LogP contribution in [0.1, 0.15) is 18.9 Å². The highest BCUT2D eigenvalue weighted by molar-refractivity contribution is 6.03. The van der Waals surface area contributed by atoms with Crippen molar-refractivity contribution in [3.63, 3.8) is 0 Å². The van der Waals surface area contributed by atoms with Crippen LogP contribution < -0.4 is 10.6 Å². The lowest BCUT2D eigenvalue weighted by atomic mass is 9.98. The zero-order chi connectivity index (χ0) is 18.8. The zero-order valence-electron chi connectivity index (χ0n) is 14.7. The molecule has 1 aliphatic carbocycles. The Morgan fingerprint density at radius 1 is 1.37 bits per heavy atom. The van der Waals surface area contributed by atoms with Crippen LogP contribution in [0, 0.1) is 0 Å². The molecule has 4 rings (SSSR count). The first-order valence-corrected chi connectivity index (χ1v) is 8.64. The van der Waals surface area contributed by atoms with Crippen molar-refractivity contribution in [1.29, 1.82) is 0 Å². The Bertz CT molecular complexity index is 1080. The second kappa shape index (κ2) is 6.91. The van der Waals surface area contributed by atoms with Crippen LogP contribution in [0.2, 0.25) is 0 Å². The van der Waals surface area contributed by atoms with E-state index in [1.54, 1.807) is 17.0 Å². The minimum absolute atomic E-state index is 0.0661. The Morgan fingerprint density at radius 3 is 3.00 bits per heavy atom. The maximum absolute atomic E-state index is 11.8. The quantitative estimate of drug-likeness (QED) is 0.664. The lowest BCUT2D eigenvalue weighted by Crippen LogP contribution is -2.28. The predicted molar refractivity (Wildman–Crippen MR) is 103 cm³/mol. The third-order valence-corrected chi connectivity index (χ3v) is 4.15. The van der Waals surface area contributed by atoms with Crippen LogP contribution in [-0.2, 0) is 4.79 Å². The molecule has 0 aliphatic heterocycles. The topological polar surface area (TPSA) is 105 Å². The van der Waals surface area contributed by atoms with Crippen molar-refractivity contribution >= 4 is 34.4 Å². The van der Waals surface area contributed by atoms with Crippen LogP contribution in [0.5, 0.6) is 0 Å². The first kappa shape index (κ1) is 16.8. The number of H-pyrrole nitrogens is 1. The summed E-state index contributed by atoms with van der Waals surface area (Å²) in [6, 6.07) is 5.33. The lowest BCUT2D eigenvalue weighted by Gasteiger charge is -2.10. The first-order chi connectivity index (χ1) is 13.1. The van der Waals surface area contributed by atoms with Crippen LogP contribution in [0.4, 0.5) is 10.7 Å². The second-order valence-corrected chi connectivity index (χ2v) is 6.08. The summed E-state index contributed by atoms with van der Waals surface area (Å²) in [6.07, 6.45) is 9.34. The summed E-state index contributed by atoms with van der Waals surface area (Å²) in [7, 11) is 0. The summed E-state index contributed by atoms with van der Waals surface area (Å²) in [4.78, 5) is 31.2. The van der Waals surface area contributed by atoms with E-state index in [4.69, 9.17) is 0 Å². The van der Waals surface area contributed by atoms with Crippen LogP contribution >= 0.6 is 0 Å². The lowest BCUT2D eigenvalue weighted by molar-refractivity contribution is -0.113. The van der Waals surface area contributed by atoms with Gasteiger partial charge in [-0.3, -0.25) is 10.1 Å². The van der Waals surface area contributed by atoms with Gasteiger partial charge in [-0.15, -0.1) is 0 Å². The minimum atomic E-state index is -0.332. The Hall–Kier alpha value is -3.68. The highest BCUT2D eigenvalue weighted by atomic mass is 16.2. The van der Waals surface area contributed by atoms with Gasteiger partial charge in [-0.1, -0.05) is 12.2 Å². The van der Waals surface area contributed by atoms with E-state index in [2.05, 4.69) is 25.7 Å². The number of aromatic amines is 1. The fourth-order valence-corrected chi connectivity index (χ4v) is 2.99. The van der Waals surface area contributed by atoms with Crippen LogP contribution in [0.3, 0.4) is 0 Å². The van der Waals surface area contributed by atoms with Gasteiger partial charge in [0.2, 0.25) is 5.95 Å². The van der Waals surface area contributed by atoms with Crippen molar-refractivity contribution in [2.75, 3.05) is 11.9 Å². The summed E-state index contributed by atoms with van der Waals surface area (Å²) < 4.78 is 1.71. The number of allylic oxidation sites excluding steroid dienone is 4. The zero-order valence-corrected chi connectivity index (χ0v) is 14.7. The molecule has 8 nitrogen and oxygen atoms in total. The molecule has 0 saturated heterocycles. The first-order valence-electron chi connectivity index (χ1n) is 8.64. The molecule has 1 aromatic carbocycles. The van der Waals surface area contributed by atoms with Gasteiger partial charge in [0.1, 0.15) is 5.52 Å². The number of carbonyl (C=O) groups excluding carboxylic acids is 2. The largest absolute Gasteiger partial charge is 0.338 e. The van der Waals surface area contributed by atoms with Crippen molar-refractivity contribution in [3.05, 3.63) is 54.4 Å². The molecule has 0 atom stereocenters. The van der Waals surface area contributed by atoms with Gasteiger partial charge in [0.05, 0.1) is 11.2 Å². The summed E-state index contributed by atoms with van der Waals surface area (Å²) >= 11 is 0. The number of carbonyl (C=O) groups is 2. The third-order valence-electron chi connectivity index (χ3n) is 4.15. The number of nitrogens with zero attached hydrogens (tertiary/aromatic N) is 3. The SMILES string of the molecule is CCNC(=O)Nc1nc2c(-n3cccn3)cc(C3=CC(=O)CC=C3)cc2[nH]1. The fourth-order valence-electron chi connectivity index (χ4n) is 2.99. The average molecular weight is 362 g/mol. The predicted octanol–water partition coefficient (Wildman–Crippen LogP) is 2.80. The molecule has 2 heterocycles. The van der Waals surface area contributed by atoms with Gasteiger partial charge in [-0.2, -0.15) is 5.10 Å². The van der Waals surface area contributed by atoms with Crippen molar-refractivity contribution in [2.45, 2.75) is 13.3 Å². The Kier molecular flexibility index (Phi) is 4.29. The van der Waals surface area contributed by atoms with E-state index in [1.165, 1.54) is 0 Å². The second-order valence-electron chi connectivity index (χ2n) is 6.08. The molecule has 2 aromatic heterocycles. The molecule has 0 saturated carbocycles. The molecular formula is C19H18N6O2. The van der Waals surface area contributed by atoms with E-state index >= 15 is 0 Å². The maximum atomic E-state index is 11.8. The van der Waals surface area contributed by atoms with Gasteiger partial charge < -0.3 is 10.3 Å². The number of aromatic nitrogens is 4. The number of amides is 2. The van der Waals surface area contributed by atoms with Gasteiger partial charge in [0, 0.05) is 25.4 Å². The Balaban J connectivity index is 1.83. The van der Waals surface area contributed by atoms with Crippen LogP contribution in [-0.4, -0.2) is 38.1 Å². The molecule has 3 aromatic rings. The summed E-state index contributed by atoms with van der Waals surface area (Å²) in [5.41, 5.74) is 3.85. The molecule has 136 valence electrons. The highest BCUT2D eigenvalue weighted by Crippen LogP contribution is 2.29. The number of ketones is 1. The van der Waals surface area contributed by atoms with E-state index in [9.17, 15) is 9.59 Å². The van der Waals surface area contributed by atoms with Crippen molar-refractivity contribution in [2.24, 2.45) is 0 Å². The van der Waals surface area contributed by atoms with E-state index in [0.717, 1.165) is 22.3 Å². The third kappa shape index (κ3) is 3.37. The minimum Gasteiger partial charge on any atom is -0.338 e. The molecule has 2 amide bonds. The number of anilines is 1. The number of rotatable bonds is 4. The molecule has 0 radical (unpaired) electrons. The summed E-state index contributed by atoms with van der Waals surface area (Å²) in [6.45, 7) is 2.36. The molecule has 0 spiro atoms. The molecule has 0 unspecified atom stereocenters. The average Bonchev–Trinajstić information content (AvgIpc) is 3.30. The highest BCUT2D eigenvalue weighted by Gasteiger charge is 2.15. The number of fused-ring (bicyclic) bond motifs is 1. The molecule has 27 heavy (non-hydrogen) atoms. The van der Waals surface area contributed by atoms with Gasteiger partial charge in [-0.25, -0.2) is 14.5 Å². The van der Waals surface area contributed by atoms with Crippen molar-refractivity contribution in [1.82, 2.24) is 25.1 Å². The molecular weight excluding hydrogens is 344 g/mol. The Morgan fingerprint density at radius 2 is 2.26 bits per heavy atom. The molecule has 1 aliphatic rings. The molecule has 0 bridgehead atoms. The smallest absolute Gasteiger partial charge is 0.321 e. The van der Waals surface area contributed by atoms with Crippen molar-refractivity contribution < 1.29 is 9.59 Å². The van der Waals surface area contributed by atoms with Crippen LogP contribution in [0.25, 0.3) is 22.3 Å². The summed E-state index contributed by atoms with van der Waals surface area (Å²) in [5, 5.41) is 9.64. The molecule has 3 N–H and O–H groups in total. The molecule has 0 fully saturated rings. The standard InChI is InChI=1S/C19H18N6O2/c1-2-20-19(27)24-18-22-15-10-13(12-5-3-6-14(26)9-12)11-16(17(15)23-18)25-8-4-7-21-25/h3-5,7-11H,2,6H2,1H3,(H3,20,22,23,24,27). The number of nitrogens with one attached hydrogen (secondary N) is 3. The summed E-state index contributed by atoms with van der Waals surface area (Å²) in [5.74, 6) is 0.405. The number of imidazole rings is 1. The van der Waals surface area contributed by atoms with Crippen LogP contribution in [0.15, 0.2) is 48.8 Å². The fraction of sp³-hybridized carbons (Fsp3) is 0.158. The number of hydrogen-bond donors (Lipinski definition) is 3. The van der Waals surface area contributed by atoms with E-state index in [1.807, 2.05) is 43.5 Å². The van der Waals surface area contributed by atoms with Gasteiger partial charge in [0.25, 0.3) is 0 Å². The van der Waals surface area contributed by atoms with Gasteiger partial charge in [-0.05, 0) is 42.3 Å². The van der Waals surface area contributed by atoms with E-state index < -0.39 is 0 Å².